The van der Waals surface area contributed by atoms with Crippen molar-refractivity contribution in [3.63, 3.8) is 0 Å². The molecular formula is C20H18FNO2. The Labute approximate surface area is 140 Å². The molecule has 4 heteroatoms. The number of benzene rings is 3. The van der Waals surface area contributed by atoms with Gasteiger partial charge in [0.15, 0.2) is 17.7 Å². The van der Waals surface area contributed by atoms with Crippen LogP contribution in [0.1, 0.15) is 13.3 Å². The van der Waals surface area contributed by atoms with Crippen LogP contribution in [0.3, 0.4) is 0 Å². The third-order valence-corrected chi connectivity index (χ3v) is 3.82. The van der Waals surface area contributed by atoms with Crippen molar-refractivity contribution in [1.82, 2.24) is 0 Å². The SMILES string of the molecule is CC[C@@H](Oc1ccccc1F)C(=O)Nc1cccc2ccccc12. The number of amides is 1. The van der Waals surface area contributed by atoms with Crippen LogP contribution in [0.2, 0.25) is 0 Å². The first-order valence-corrected chi connectivity index (χ1v) is 7.89. The van der Waals surface area contributed by atoms with Crippen molar-refractivity contribution < 1.29 is 13.9 Å². The maximum Gasteiger partial charge on any atom is 0.265 e. The predicted octanol–water partition coefficient (Wildman–Crippen LogP) is 4.78. The quantitative estimate of drug-likeness (QED) is 0.734. The van der Waals surface area contributed by atoms with Gasteiger partial charge in [-0.2, -0.15) is 0 Å². The highest BCUT2D eigenvalue weighted by atomic mass is 19.1. The van der Waals surface area contributed by atoms with Crippen molar-refractivity contribution in [2.45, 2.75) is 19.4 Å². The second kappa shape index (κ2) is 7.13. The van der Waals surface area contributed by atoms with E-state index in [1.165, 1.54) is 12.1 Å². The molecule has 1 atom stereocenters. The molecule has 1 N–H and O–H groups in total. The van der Waals surface area contributed by atoms with E-state index in [4.69, 9.17) is 4.74 Å². The molecule has 3 rings (SSSR count). The Morgan fingerprint density at radius 2 is 1.75 bits per heavy atom. The molecule has 122 valence electrons. The highest BCUT2D eigenvalue weighted by molar-refractivity contribution is 6.03. The van der Waals surface area contributed by atoms with Gasteiger partial charge < -0.3 is 10.1 Å². The number of carbonyl (C=O) groups is 1. The van der Waals surface area contributed by atoms with Gasteiger partial charge in [0.1, 0.15) is 0 Å². The molecule has 3 nitrogen and oxygen atoms in total. The van der Waals surface area contributed by atoms with Crippen LogP contribution in [-0.4, -0.2) is 12.0 Å². The molecule has 1 amide bonds. The van der Waals surface area contributed by atoms with E-state index in [2.05, 4.69) is 5.32 Å². The molecule has 3 aromatic rings. The molecule has 0 radical (unpaired) electrons. The number of carbonyl (C=O) groups excluding carboxylic acids is 1. The van der Waals surface area contributed by atoms with Gasteiger partial charge in [0.25, 0.3) is 5.91 Å². The summed E-state index contributed by atoms with van der Waals surface area (Å²) in [5.74, 6) is -0.691. The smallest absolute Gasteiger partial charge is 0.265 e. The second-order valence-corrected chi connectivity index (χ2v) is 5.46. The highest BCUT2D eigenvalue weighted by Gasteiger charge is 2.20. The normalized spacial score (nSPS) is 11.9. The van der Waals surface area contributed by atoms with Crippen molar-refractivity contribution >= 4 is 22.4 Å². The number of rotatable bonds is 5. The van der Waals surface area contributed by atoms with E-state index in [9.17, 15) is 9.18 Å². The first-order valence-electron chi connectivity index (χ1n) is 7.89. The van der Waals surface area contributed by atoms with Crippen LogP contribution in [0.5, 0.6) is 5.75 Å². The van der Waals surface area contributed by atoms with Gasteiger partial charge in [0, 0.05) is 11.1 Å². The number of hydrogen-bond acceptors (Lipinski definition) is 2. The van der Waals surface area contributed by atoms with Crippen molar-refractivity contribution in [2.24, 2.45) is 0 Å². The van der Waals surface area contributed by atoms with Gasteiger partial charge in [-0.1, -0.05) is 55.5 Å². The number of fused-ring (bicyclic) bond motifs is 1. The summed E-state index contributed by atoms with van der Waals surface area (Å²) in [4.78, 5) is 12.5. The van der Waals surface area contributed by atoms with E-state index < -0.39 is 11.9 Å². The summed E-state index contributed by atoms with van der Waals surface area (Å²) in [6.45, 7) is 1.83. The highest BCUT2D eigenvalue weighted by Crippen LogP contribution is 2.24. The maximum atomic E-state index is 13.7. The van der Waals surface area contributed by atoms with Gasteiger partial charge in [-0.15, -0.1) is 0 Å². The minimum atomic E-state index is -0.763. The summed E-state index contributed by atoms with van der Waals surface area (Å²) in [5.41, 5.74) is 0.716. The fraction of sp³-hybridized carbons (Fsp3) is 0.150. The summed E-state index contributed by atoms with van der Waals surface area (Å²) in [6, 6.07) is 19.6. The molecule has 0 aromatic heterocycles. The Morgan fingerprint density at radius 3 is 2.54 bits per heavy atom. The lowest BCUT2D eigenvalue weighted by Crippen LogP contribution is -2.32. The first kappa shape index (κ1) is 16.0. The van der Waals surface area contributed by atoms with Crippen molar-refractivity contribution in [3.05, 3.63) is 72.5 Å². The van der Waals surface area contributed by atoms with Gasteiger partial charge in [-0.3, -0.25) is 4.79 Å². The third-order valence-electron chi connectivity index (χ3n) is 3.82. The monoisotopic (exact) mass is 323 g/mol. The molecule has 0 fully saturated rings. The Hall–Kier alpha value is -2.88. The molecule has 0 spiro atoms. The number of nitrogens with one attached hydrogen (secondary N) is 1. The fourth-order valence-electron chi connectivity index (χ4n) is 2.56. The molecule has 3 aromatic carbocycles. The second-order valence-electron chi connectivity index (χ2n) is 5.46. The Morgan fingerprint density at radius 1 is 1.04 bits per heavy atom. The molecule has 0 aliphatic carbocycles. The van der Waals surface area contributed by atoms with Gasteiger partial charge in [0.05, 0.1) is 0 Å². The summed E-state index contributed by atoms with van der Waals surface area (Å²) in [7, 11) is 0. The van der Waals surface area contributed by atoms with Crippen LogP contribution >= 0.6 is 0 Å². The van der Waals surface area contributed by atoms with Crippen LogP contribution in [0, 0.1) is 5.82 Å². The average Bonchev–Trinajstić information content (AvgIpc) is 2.61. The first-order chi connectivity index (χ1) is 11.7. The summed E-state index contributed by atoms with van der Waals surface area (Å²) in [5, 5.41) is 4.88. The van der Waals surface area contributed by atoms with E-state index in [0.29, 0.717) is 12.1 Å². The molecule has 0 saturated carbocycles. The minimum absolute atomic E-state index is 0.0809. The lowest BCUT2D eigenvalue weighted by molar-refractivity contribution is -0.122. The van der Waals surface area contributed by atoms with Gasteiger partial charge >= 0.3 is 0 Å². The maximum absolute atomic E-state index is 13.7. The molecular weight excluding hydrogens is 305 g/mol. The van der Waals surface area contributed by atoms with Crippen molar-refractivity contribution in [1.29, 1.82) is 0 Å². The number of para-hydroxylation sites is 1. The summed E-state index contributed by atoms with van der Waals surface area (Å²) < 4.78 is 19.3. The largest absolute Gasteiger partial charge is 0.478 e. The zero-order valence-electron chi connectivity index (χ0n) is 13.3. The molecule has 24 heavy (non-hydrogen) atoms. The van der Waals surface area contributed by atoms with E-state index in [1.807, 2.05) is 49.4 Å². The lowest BCUT2D eigenvalue weighted by Gasteiger charge is -2.18. The third kappa shape index (κ3) is 3.38. The number of halogens is 1. The van der Waals surface area contributed by atoms with Crippen LogP contribution in [0.15, 0.2) is 66.7 Å². The summed E-state index contributed by atoms with van der Waals surface area (Å²) in [6.07, 6.45) is -0.328. The molecule has 0 heterocycles. The zero-order valence-corrected chi connectivity index (χ0v) is 13.3. The average molecular weight is 323 g/mol. The lowest BCUT2D eigenvalue weighted by atomic mass is 10.1. The topological polar surface area (TPSA) is 38.3 Å². The molecule has 0 aliphatic heterocycles. The van der Waals surface area contributed by atoms with Crippen LogP contribution < -0.4 is 10.1 Å². The van der Waals surface area contributed by atoms with E-state index in [-0.39, 0.29) is 11.7 Å². The van der Waals surface area contributed by atoms with Gasteiger partial charge in [-0.05, 0) is 30.0 Å². The van der Waals surface area contributed by atoms with Crippen molar-refractivity contribution in [3.8, 4) is 5.75 Å². The molecule has 0 bridgehead atoms. The van der Waals surface area contributed by atoms with Gasteiger partial charge in [-0.25, -0.2) is 4.39 Å². The predicted molar refractivity (Wildman–Crippen MR) is 93.7 cm³/mol. The van der Waals surface area contributed by atoms with E-state index >= 15 is 0 Å². The van der Waals surface area contributed by atoms with E-state index in [1.54, 1.807) is 12.1 Å². The van der Waals surface area contributed by atoms with Crippen LogP contribution in [0.4, 0.5) is 10.1 Å². The minimum Gasteiger partial charge on any atom is -0.478 e. The Bertz CT molecular complexity index is 858. The standard InChI is InChI=1S/C20H18FNO2/c1-2-18(24-19-13-6-5-11-16(19)21)20(23)22-17-12-7-9-14-8-3-4-10-15(14)17/h3-13,18H,2H2,1H3,(H,22,23)/t18-/m1/s1. The number of ether oxygens (including phenoxy) is 1. The van der Waals surface area contributed by atoms with Crippen LogP contribution in [0.25, 0.3) is 10.8 Å². The molecule has 0 unspecified atom stereocenters. The number of anilines is 1. The Balaban J connectivity index is 1.80. The van der Waals surface area contributed by atoms with E-state index in [0.717, 1.165) is 10.8 Å². The van der Waals surface area contributed by atoms with Gasteiger partial charge in [0.2, 0.25) is 0 Å². The molecule has 0 saturated heterocycles. The number of hydrogen-bond donors (Lipinski definition) is 1. The van der Waals surface area contributed by atoms with Crippen molar-refractivity contribution in [2.75, 3.05) is 5.32 Å². The Kier molecular flexibility index (Phi) is 4.75. The summed E-state index contributed by atoms with van der Waals surface area (Å²) >= 11 is 0. The zero-order chi connectivity index (χ0) is 16.9. The molecule has 0 aliphatic rings. The fourth-order valence-corrected chi connectivity index (χ4v) is 2.56. The van der Waals surface area contributed by atoms with Crippen LogP contribution in [-0.2, 0) is 4.79 Å².